The second-order valence-corrected chi connectivity index (χ2v) is 7.84. The average Bonchev–Trinajstić information content (AvgIpc) is 3.29. The summed E-state index contributed by atoms with van der Waals surface area (Å²) in [6.45, 7) is 2.25. The van der Waals surface area contributed by atoms with Crippen LogP contribution in [0, 0.1) is 11.8 Å². The summed E-state index contributed by atoms with van der Waals surface area (Å²) in [4.78, 5) is 14.9. The van der Waals surface area contributed by atoms with Crippen LogP contribution >= 0.6 is 0 Å². The van der Waals surface area contributed by atoms with Crippen LogP contribution in [0.5, 0.6) is 5.75 Å². The fraction of sp³-hybridized carbons (Fsp3) is 0.650. The van der Waals surface area contributed by atoms with Crippen molar-refractivity contribution in [1.82, 2.24) is 10.2 Å². The van der Waals surface area contributed by atoms with Crippen molar-refractivity contribution in [1.29, 1.82) is 0 Å². The molecule has 5 nitrogen and oxygen atoms in total. The molecule has 2 amide bonds. The van der Waals surface area contributed by atoms with E-state index in [0.29, 0.717) is 24.5 Å². The van der Waals surface area contributed by atoms with Gasteiger partial charge in [-0.25, -0.2) is 4.79 Å². The van der Waals surface area contributed by atoms with Gasteiger partial charge in [-0.3, -0.25) is 0 Å². The number of urea groups is 1. The van der Waals surface area contributed by atoms with E-state index >= 15 is 0 Å². The zero-order chi connectivity index (χ0) is 17.2. The molecule has 3 atom stereocenters. The number of amides is 2. The van der Waals surface area contributed by atoms with Crippen LogP contribution in [-0.2, 0) is 11.3 Å². The SMILES string of the molecule is O=C(N[C@@H]1CCC[C@H]2OCC[C@H]12)N(Cc1ccc(O)cc1)CC1CC1. The first-order valence-corrected chi connectivity index (χ1v) is 9.64. The first kappa shape index (κ1) is 16.7. The van der Waals surface area contributed by atoms with E-state index in [1.165, 1.54) is 12.8 Å². The number of hydrogen-bond donors (Lipinski definition) is 2. The molecule has 4 rings (SSSR count). The number of carbonyl (C=O) groups excluding carboxylic acids is 1. The predicted molar refractivity (Wildman–Crippen MR) is 95.3 cm³/mol. The van der Waals surface area contributed by atoms with E-state index in [9.17, 15) is 9.90 Å². The Hall–Kier alpha value is -1.75. The lowest BCUT2D eigenvalue weighted by Gasteiger charge is -2.35. The second-order valence-electron chi connectivity index (χ2n) is 7.84. The Kier molecular flexibility index (Phi) is 4.84. The van der Waals surface area contributed by atoms with Crippen LogP contribution in [0.2, 0.25) is 0 Å². The first-order chi connectivity index (χ1) is 12.2. The molecular formula is C20H28N2O3. The van der Waals surface area contributed by atoms with Gasteiger partial charge in [0.25, 0.3) is 0 Å². The number of fused-ring (bicyclic) bond motifs is 1. The number of rotatable bonds is 5. The smallest absolute Gasteiger partial charge is 0.317 e. The molecule has 3 aliphatic rings. The predicted octanol–water partition coefficient (Wildman–Crippen LogP) is 3.27. The quantitative estimate of drug-likeness (QED) is 0.862. The van der Waals surface area contributed by atoms with Crippen molar-refractivity contribution in [3.8, 4) is 5.75 Å². The maximum absolute atomic E-state index is 13.0. The van der Waals surface area contributed by atoms with E-state index in [1.54, 1.807) is 12.1 Å². The molecular weight excluding hydrogens is 316 g/mol. The first-order valence-electron chi connectivity index (χ1n) is 9.64. The van der Waals surface area contributed by atoms with Gasteiger partial charge in [0.05, 0.1) is 6.10 Å². The van der Waals surface area contributed by atoms with E-state index < -0.39 is 0 Å². The van der Waals surface area contributed by atoms with E-state index in [1.807, 2.05) is 17.0 Å². The van der Waals surface area contributed by atoms with Crippen LogP contribution in [0.15, 0.2) is 24.3 Å². The zero-order valence-electron chi connectivity index (χ0n) is 14.7. The van der Waals surface area contributed by atoms with E-state index in [4.69, 9.17) is 4.74 Å². The molecule has 1 aromatic rings. The second kappa shape index (κ2) is 7.24. The molecule has 1 aromatic carbocycles. The lowest BCUT2D eigenvalue weighted by molar-refractivity contribution is 0.0536. The summed E-state index contributed by atoms with van der Waals surface area (Å²) < 4.78 is 5.82. The molecule has 136 valence electrons. The van der Waals surface area contributed by atoms with Gasteiger partial charge in [-0.05, 0) is 62.1 Å². The van der Waals surface area contributed by atoms with Crippen LogP contribution in [0.4, 0.5) is 4.79 Å². The molecule has 2 N–H and O–H groups in total. The van der Waals surface area contributed by atoms with Crippen molar-refractivity contribution in [2.24, 2.45) is 11.8 Å². The maximum atomic E-state index is 13.0. The van der Waals surface area contributed by atoms with Gasteiger partial charge < -0.3 is 20.1 Å². The zero-order valence-corrected chi connectivity index (χ0v) is 14.7. The number of benzene rings is 1. The molecule has 5 heteroatoms. The Morgan fingerprint density at radius 3 is 2.72 bits per heavy atom. The highest BCUT2D eigenvalue weighted by Crippen LogP contribution is 2.35. The minimum Gasteiger partial charge on any atom is -0.508 e. The molecule has 3 fully saturated rings. The number of phenolic OH excluding ortho intramolecular Hbond substituents is 1. The van der Waals surface area contributed by atoms with Gasteiger partial charge in [-0.2, -0.15) is 0 Å². The van der Waals surface area contributed by atoms with E-state index in [0.717, 1.165) is 44.4 Å². The summed E-state index contributed by atoms with van der Waals surface area (Å²) in [5.41, 5.74) is 1.05. The summed E-state index contributed by atoms with van der Waals surface area (Å²) >= 11 is 0. The van der Waals surface area contributed by atoms with E-state index in [2.05, 4.69) is 5.32 Å². The van der Waals surface area contributed by atoms with Gasteiger partial charge in [0.1, 0.15) is 5.75 Å². The molecule has 2 saturated carbocycles. The lowest BCUT2D eigenvalue weighted by Crippen LogP contribution is -2.50. The van der Waals surface area contributed by atoms with Crippen molar-refractivity contribution in [2.75, 3.05) is 13.2 Å². The van der Waals surface area contributed by atoms with Gasteiger partial charge in [-0.1, -0.05) is 12.1 Å². The summed E-state index contributed by atoms with van der Waals surface area (Å²) in [6.07, 6.45) is 7.18. The topological polar surface area (TPSA) is 61.8 Å². The van der Waals surface area contributed by atoms with Gasteiger partial charge in [-0.15, -0.1) is 0 Å². The molecule has 0 unspecified atom stereocenters. The summed E-state index contributed by atoms with van der Waals surface area (Å²) in [7, 11) is 0. The molecule has 0 spiro atoms. The fourth-order valence-electron chi connectivity index (χ4n) is 4.26. The van der Waals surface area contributed by atoms with Gasteiger partial charge in [0, 0.05) is 31.7 Å². The van der Waals surface area contributed by atoms with Crippen LogP contribution in [-0.4, -0.2) is 41.3 Å². The number of aromatic hydroxyl groups is 1. The number of hydrogen-bond acceptors (Lipinski definition) is 3. The van der Waals surface area contributed by atoms with Crippen molar-refractivity contribution in [3.63, 3.8) is 0 Å². The Morgan fingerprint density at radius 2 is 1.96 bits per heavy atom. The van der Waals surface area contributed by atoms with Gasteiger partial charge >= 0.3 is 6.03 Å². The van der Waals surface area contributed by atoms with Crippen molar-refractivity contribution in [2.45, 2.75) is 57.2 Å². The average molecular weight is 344 g/mol. The number of phenols is 1. The molecule has 2 aliphatic carbocycles. The monoisotopic (exact) mass is 344 g/mol. The molecule has 0 aromatic heterocycles. The Morgan fingerprint density at radius 1 is 1.16 bits per heavy atom. The molecule has 1 saturated heterocycles. The molecule has 1 heterocycles. The molecule has 1 aliphatic heterocycles. The number of ether oxygens (including phenoxy) is 1. The van der Waals surface area contributed by atoms with Crippen LogP contribution in [0.3, 0.4) is 0 Å². The third kappa shape index (κ3) is 4.09. The van der Waals surface area contributed by atoms with Gasteiger partial charge in [0.2, 0.25) is 0 Å². The minimum absolute atomic E-state index is 0.0533. The van der Waals surface area contributed by atoms with Crippen LogP contribution < -0.4 is 5.32 Å². The third-order valence-electron chi connectivity index (χ3n) is 5.86. The third-order valence-corrected chi connectivity index (χ3v) is 5.86. The summed E-state index contributed by atoms with van der Waals surface area (Å²) in [5, 5.41) is 12.8. The Balaban J connectivity index is 1.41. The fourth-order valence-corrected chi connectivity index (χ4v) is 4.26. The molecule has 25 heavy (non-hydrogen) atoms. The summed E-state index contributed by atoms with van der Waals surface area (Å²) in [6, 6.07) is 7.45. The minimum atomic E-state index is 0.0533. The lowest BCUT2D eigenvalue weighted by atomic mass is 9.82. The Labute approximate surface area is 149 Å². The summed E-state index contributed by atoms with van der Waals surface area (Å²) in [5.74, 6) is 1.39. The van der Waals surface area contributed by atoms with E-state index in [-0.39, 0.29) is 17.8 Å². The Bertz CT molecular complexity index is 599. The largest absolute Gasteiger partial charge is 0.508 e. The molecule has 0 radical (unpaired) electrons. The van der Waals surface area contributed by atoms with Crippen LogP contribution in [0.25, 0.3) is 0 Å². The maximum Gasteiger partial charge on any atom is 0.317 e. The van der Waals surface area contributed by atoms with Crippen molar-refractivity contribution >= 4 is 6.03 Å². The number of nitrogens with zero attached hydrogens (tertiary/aromatic N) is 1. The van der Waals surface area contributed by atoms with Crippen molar-refractivity contribution in [3.05, 3.63) is 29.8 Å². The molecule has 0 bridgehead atoms. The highest BCUT2D eigenvalue weighted by Gasteiger charge is 2.39. The highest BCUT2D eigenvalue weighted by atomic mass is 16.5. The number of carbonyl (C=O) groups is 1. The van der Waals surface area contributed by atoms with Gasteiger partial charge in [0.15, 0.2) is 0 Å². The normalized spacial score (nSPS) is 28.4. The standard InChI is InChI=1S/C20H28N2O3/c23-16-8-6-15(7-9-16)13-22(12-14-4-5-14)20(24)21-18-2-1-3-19-17(18)10-11-25-19/h6-9,14,17-19,23H,1-5,10-13H2,(H,21,24)/t17-,18-,19-/m1/s1. The number of nitrogens with one attached hydrogen (secondary N) is 1. The van der Waals surface area contributed by atoms with Crippen LogP contribution in [0.1, 0.15) is 44.1 Å². The van der Waals surface area contributed by atoms with Crippen molar-refractivity contribution < 1.29 is 14.6 Å². The highest BCUT2D eigenvalue weighted by molar-refractivity contribution is 5.74.